The van der Waals surface area contributed by atoms with Crippen LogP contribution in [0, 0.1) is 3.57 Å². The molecule has 11 nitrogen and oxygen atoms in total. The van der Waals surface area contributed by atoms with Gasteiger partial charge in [0.05, 0.1) is 33.0 Å². The van der Waals surface area contributed by atoms with Gasteiger partial charge in [-0.3, -0.25) is 14.4 Å². The average molecular weight is 1110 g/mol. The number of ether oxygens (including phenoxy) is 3. The fourth-order valence-corrected chi connectivity index (χ4v) is 8.50. The molecule has 0 spiro atoms. The van der Waals surface area contributed by atoms with Crippen LogP contribution in [-0.4, -0.2) is 58.3 Å². The van der Waals surface area contributed by atoms with E-state index in [9.17, 15) is 4.79 Å². The van der Waals surface area contributed by atoms with Crippen LogP contribution in [0.15, 0.2) is 183 Å². The van der Waals surface area contributed by atoms with Crippen LogP contribution in [0.1, 0.15) is 46.5 Å². The normalized spacial score (nSPS) is 11.4. The van der Waals surface area contributed by atoms with Crippen LogP contribution in [-0.2, 0) is 69.1 Å². The van der Waals surface area contributed by atoms with E-state index in [-0.39, 0.29) is 32.8 Å². The first-order chi connectivity index (χ1) is 30.9. The third kappa shape index (κ3) is 24.2. The largest absolute Gasteiger partial charge is 0.481 e. The second kappa shape index (κ2) is 35.3. The van der Waals surface area contributed by atoms with Gasteiger partial charge in [-0.1, -0.05) is 175 Å². The quantitative estimate of drug-likeness (QED) is 0.0228. The number of carboxylic acids is 2. The Morgan fingerprint density at radius 2 is 1.00 bits per heavy atom. The SMILES string of the molecule is C=C1COCc2ccccc21.C=CCOCc1ccccc1I.CC(=O)O.CC(=O)O.O=C1COCc2ccccc21.OOO.[Pd].c1ccc(P(c2ccccc2)c2ccccc2)cc1. The molecule has 8 rings (SSSR count). The first kappa shape index (κ1) is 58.0. The molecule has 6 aromatic carbocycles. The van der Waals surface area contributed by atoms with Gasteiger partial charge in [0.1, 0.15) is 6.61 Å². The molecule has 0 saturated carbocycles. The van der Waals surface area contributed by atoms with Crippen LogP contribution in [0.4, 0.5) is 0 Å². The van der Waals surface area contributed by atoms with Crippen molar-refractivity contribution in [1.82, 2.24) is 0 Å². The van der Waals surface area contributed by atoms with E-state index in [0.29, 0.717) is 26.4 Å². The van der Waals surface area contributed by atoms with E-state index in [1.54, 1.807) is 6.08 Å². The Kier molecular flexibility index (Phi) is 31.5. The van der Waals surface area contributed by atoms with E-state index in [1.807, 2.05) is 48.5 Å². The Hall–Kier alpha value is -5.01. The Morgan fingerprint density at radius 3 is 1.42 bits per heavy atom. The van der Waals surface area contributed by atoms with Gasteiger partial charge in [0.15, 0.2) is 5.78 Å². The van der Waals surface area contributed by atoms with E-state index >= 15 is 0 Å². The molecule has 0 unspecified atom stereocenters. The molecule has 2 aliphatic rings. The van der Waals surface area contributed by atoms with Crippen LogP contribution in [0.25, 0.3) is 5.57 Å². The first-order valence-corrected chi connectivity index (χ1v) is 22.1. The smallest absolute Gasteiger partial charge is 0.300 e. The number of halogens is 1. The van der Waals surface area contributed by atoms with Gasteiger partial charge >= 0.3 is 0 Å². The second-order valence-corrected chi connectivity index (χ2v) is 16.6. The standard InChI is InChI=1S/C18H15P.C10H11IO.C10H10O.C9H8O2.2C2H4O2.H2O3.Pd/c1-4-10-16(11-5-1)19(17-12-6-2-7-13-17)18-14-8-3-9-15-18;1-2-7-12-8-9-5-3-4-6-10(9)11;1-8-6-11-7-9-4-2-3-5-10(8)9;10-9-6-11-5-7-3-1-2-4-8(7)9;2*1-2(3)4;1-3-2;/h1-15H;2-6H,1,7-8H2;2-5H,1,6-7H2;1-4H,5-6H2;2*1H3,(H,3,4);1-2H;. The number of rotatable bonds is 7. The maximum atomic E-state index is 11.2. The van der Waals surface area contributed by atoms with Crippen LogP contribution in [0.3, 0.4) is 0 Å². The van der Waals surface area contributed by atoms with Crippen molar-refractivity contribution in [1.29, 1.82) is 0 Å². The summed E-state index contributed by atoms with van der Waals surface area (Å²) in [6.45, 7) is 13.2. The number of hydrogen-bond donors (Lipinski definition) is 4. The van der Waals surface area contributed by atoms with Gasteiger partial charge in [0.2, 0.25) is 0 Å². The zero-order valence-corrected chi connectivity index (χ0v) is 40.7. The van der Waals surface area contributed by atoms with E-state index < -0.39 is 19.9 Å². The molecule has 0 atom stereocenters. The molecular weight excluding hydrogens is 1050 g/mol. The summed E-state index contributed by atoms with van der Waals surface area (Å²) < 4.78 is 16.9. The number of fused-ring (bicyclic) bond motifs is 2. The van der Waals surface area contributed by atoms with Gasteiger partial charge < -0.3 is 24.4 Å². The van der Waals surface area contributed by atoms with Crippen molar-refractivity contribution in [2.24, 2.45) is 0 Å². The van der Waals surface area contributed by atoms with Crippen molar-refractivity contribution in [3.8, 4) is 0 Å². The molecule has 0 radical (unpaired) electrons. The van der Waals surface area contributed by atoms with E-state index in [2.05, 4.69) is 156 Å². The summed E-state index contributed by atoms with van der Waals surface area (Å²) in [5.74, 6) is -1.58. The summed E-state index contributed by atoms with van der Waals surface area (Å²) in [5, 5.41) is 34.5. The molecule has 0 bridgehead atoms. The van der Waals surface area contributed by atoms with Crippen molar-refractivity contribution in [3.05, 3.63) is 214 Å². The molecule has 0 aliphatic carbocycles. The number of Topliss-reactive ketones (excluding diaryl/α,β-unsaturated/α-hetero) is 1. The van der Waals surface area contributed by atoms with E-state index in [1.165, 1.54) is 36.2 Å². The van der Waals surface area contributed by atoms with Gasteiger partial charge in [0, 0.05) is 43.4 Å². The second-order valence-electron chi connectivity index (χ2n) is 13.2. The van der Waals surface area contributed by atoms with Crippen LogP contribution in [0.5, 0.6) is 0 Å². The number of benzene rings is 6. The van der Waals surface area contributed by atoms with Crippen molar-refractivity contribution >= 4 is 69.7 Å². The van der Waals surface area contributed by atoms with Crippen molar-refractivity contribution in [2.75, 3.05) is 19.8 Å². The number of carbonyl (C=O) groups excluding carboxylic acids is 1. The molecule has 14 heteroatoms. The van der Waals surface area contributed by atoms with Gasteiger partial charge in [-0.15, -0.1) is 6.58 Å². The molecule has 0 saturated heterocycles. The van der Waals surface area contributed by atoms with E-state index in [4.69, 9.17) is 44.5 Å². The topological polar surface area (TPSA) is 169 Å². The minimum Gasteiger partial charge on any atom is -0.481 e. The maximum absolute atomic E-state index is 11.2. The zero-order valence-electron chi connectivity index (χ0n) is 36.1. The summed E-state index contributed by atoms with van der Waals surface area (Å²) in [4.78, 5) is 29.2. The molecule has 0 aromatic heterocycles. The van der Waals surface area contributed by atoms with Crippen molar-refractivity contribution in [3.63, 3.8) is 0 Å². The molecule has 346 valence electrons. The number of aliphatic carboxylic acids is 2. The fourth-order valence-electron chi connectivity index (χ4n) is 5.65. The maximum Gasteiger partial charge on any atom is 0.300 e. The number of carbonyl (C=O) groups is 3. The molecular formula is C51H54IO11PPd. The molecule has 2 heterocycles. The predicted octanol–water partition coefficient (Wildman–Crippen LogP) is 10.2. The summed E-state index contributed by atoms with van der Waals surface area (Å²) in [7, 11) is -0.446. The van der Waals surface area contributed by atoms with Gasteiger partial charge in [0.25, 0.3) is 11.9 Å². The third-order valence-electron chi connectivity index (χ3n) is 8.23. The van der Waals surface area contributed by atoms with Crippen LogP contribution < -0.4 is 15.9 Å². The van der Waals surface area contributed by atoms with Gasteiger partial charge in [-0.25, -0.2) is 10.5 Å². The summed E-state index contributed by atoms with van der Waals surface area (Å²) in [6, 6.07) is 56.3. The Morgan fingerprint density at radius 1 is 0.631 bits per heavy atom. The predicted molar refractivity (Wildman–Crippen MR) is 263 cm³/mol. The summed E-state index contributed by atoms with van der Waals surface area (Å²) in [6.07, 6.45) is 1.76. The Labute approximate surface area is 409 Å². The first-order valence-electron chi connectivity index (χ1n) is 19.7. The Bertz CT molecular complexity index is 2110. The molecule has 2 aliphatic heterocycles. The molecule has 65 heavy (non-hydrogen) atoms. The molecule has 0 amide bonds. The van der Waals surface area contributed by atoms with Crippen molar-refractivity contribution < 1.29 is 74.8 Å². The number of hydrogen-bond acceptors (Lipinski definition) is 9. The van der Waals surface area contributed by atoms with Gasteiger partial charge in [-0.05, 0) is 80.3 Å². The average Bonchev–Trinajstić information content (AvgIpc) is 3.29. The molecule has 0 fully saturated rings. The summed E-state index contributed by atoms with van der Waals surface area (Å²) in [5.41, 5.74) is 6.66. The molecule has 6 aromatic rings. The number of ketones is 1. The Balaban J connectivity index is 0.000000409. The zero-order chi connectivity index (χ0) is 47.0. The van der Waals surface area contributed by atoms with Crippen molar-refractivity contribution in [2.45, 2.75) is 33.7 Å². The minimum absolute atomic E-state index is 0. The van der Waals surface area contributed by atoms with Crippen LogP contribution >= 0.6 is 30.5 Å². The van der Waals surface area contributed by atoms with E-state index in [0.717, 1.165) is 37.2 Å². The van der Waals surface area contributed by atoms with Gasteiger partial charge in [-0.2, -0.15) is 0 Å². The third-order valence-corrected chi connectivity index (χ3v) is 11.7. The minimum atomic E-state index is -0.833. The molecule has 4 N–H and O–H groups in total. The monoisotopic (exact) mass is 1110 g/mol. The van der Waals surface area contributed by atoms with Crippen LogP contribution in [0.2, 0.25) is 0 Å². The fraction of sp³-hybridized carbons (Fsp3) is 0.157. The summed E-state index contributed by atoms with van der Waals surface area (Å²) >= 11 is 2.31. The number of carboxylic acid groups (broad SMARTS) is 2.